The van der Waals surface area contributed by atoms with E-state index in [-0.39, 0.29) is 6.04 Å². The first kappa shape index (κ1) is 17.2. The molecule has 3 N–H and O–H groups in total. The van der Waals surface area contributed by atoms with Gasteiger partial charge in [0.1, 0.15) is 0 Å². The zero-order valence-electron chi connectivity index (χ0n) is 13.3. The molecule has 2 unspecified atom stereocenters. The Morgan fingerprint density at radius 3 is 2.45 bits per heavy atom. The quantitative estimate of drug-likeness (QED) is 0.592. The number of nitrogens with one attached hydrogen (secondary N) is 1. The van der Waals surface area contributed by atoms with Crippen LogP contribution in [0.5, 0.6) is 0 Å². The second-order valence-electron chi connectivity index (χ2n) is 5.78. The molecule has 2 nitrogen and oxygen atoms in total. The summed E-state index contributed by atoms with van der Waals surface area (Å²) in [4.78, 5) is 0. The van der Waals surface area contributed by atoms with E-state index in [9.17, 15) is 0 Å². The fourth-order valence-electron chi connectivity index (χ4n) is 2.56. The molecule has 0 spiro atoms. The van der Waals surface area contributed by atoms with E-state index in [0.29, 0.717) is 0 Å². The third-order valence-corrected chi connectivity index (χ3v) is 4.07. The van der Waals surface area contributed by atoms with Crippen LogP contribution in [0.3, 0.4) is 0 Å². The van der Waals surface area contributed by atoms with E-state index in [4.69, 9.17) is 5.73 Å². The van der Waals surface area contributed by atoms with Gasteiger partial charge in [0.15, 0.2) is 0 Å². The maximum atomic E-state index is 6.20. The average molecular weight is 276 g/mol. The third-order valence-electron chi connectivity index (χ3n) is 4.07. The van der Waals surface area contributed by atoms with Gasteiger partial charge in [-0.05, 0) is 43.8 Å². The minimum atomic E-state index is 0.181. The van der Waals surface area contributed by atoms with Crippen molar-refractivity contribution < 1.29 is 0 Å². The molecule has 0 aliphatic rings. The zero-order valence-corrected chi connectivity index (χ0v) is 13.3. The summed E-state index contributed by atoms with van der Waals surface area (Å²) >= 11 is 0. The van der Waals surface area contributed by atoms with E-state index in [2.05, 4.69) is 43.4 Å². The van der Waals surface area contributed by atoms with Crippen LogP contribution in [0.15, 0.2) is 30.3 Å². The molecule has 0 aromatic heterocycles. The Morgan fingerprint density at radius 2 is 1.80 bits per heavy atom. The first-order valence-corrected chi connectivity index (χ1v) is 8.29. The zero-order chi connectivity index (χ0) is 14.6. The third kappa shape index (κ3) is 7.06. The summed E-state index contributed by atoms with van der Waals surface area (Å²) in [6.07, 6.45) is 7.53. The van der Waals surface area contributed by atoms with Crippen molar-refractivity contribution in [2.24, 2.45) is 11.7 Å². The van der Waals surface area contributed by atoms with Gasteiger partial charge in [-0.25, -0.2) is 0 Å². The Balaban J connectivity index is 2.09. The van der Waals surface area contributed by atoms with Gasteiger partial charge in [0.05, 0.1) is 0 Å². The molecule has 0 bridgehead atoms. The largest absolute Gasteiger partial charge is 0.324 e. The summed E-state index contributed by atoms with van der Waals surface area (Å²) in [6.45, 7) is 6.82. The Bertz CT molecular complexity index is 323. The van der Waals surface area contributed by atoms with Crippen molar-refractivity contribution in [3.8, 4) is 0 Å². The molecular formula is C18H32N2. The first-order chi connectivity index (χ1) is 9.77. The standard InChI is InChI=1S/C18H32N2/c1-3-5-10-16(4-2)15-20-14-9-13-18(19)17-11-7-6-8-12-17/h6-8,11-12,16,18,20H,3-5,9-10,13-15,19H2,1-2H3. The molecular weight excluding hydrogens is 244 g/mol. The summed E-state index contributed by atoms with van der Waals surface area (Å²) in [6, 6.07) is 10.6. The summed E-state index contributed by atoms with van der Waals surface area (Å²) in [5.41, 5.74) is 7.45. The van der Waals surface area contributed by atoms with Crippen LogP contribution >= 0.6 is 0 Å². The van der Waals surface area contributed by atoms with Gasteiger partial charge in [0, 0.05) is 6.04 Å². The summed E-state index contributed by atoms with van der Waals surface area (Å²) in [7, 11) is 0. The van der Waals surface area contributed by atoms with Crippen LogP contribution in [0.25, 0.3) is 0 Å². The van der Waals surface area contributed by atoms with Crippen molar-refractivity contribution in [2.45, 2.75) is 58.4 Å². The van der Waals surface area contributed by atoms with E-state index in [1.807, 2.05) is 6.07 Å². The van der Waals surface area contributed by atoms with Crippen LogP contribution in [-0.4, -0.2) is 13.1 Å². The van der Waals surface area contributed by atoms with Gasteiger partial charge in [-0.3, -0.25) is 0 Å². The lowest BCUT2D eigenvalue weighted by Crippen LogP contribution is -2.24. The van der Waals surface area contributed by atoms with Crippen molar-refractivity contribution in [1.82, 2.24) is 5.32 Å². The minimum absolute atomic E-state index is 0.181. The van der Waals surface area contributed by atoms with Crippen molar-refractivity contribution in [3.05, 3.63) is 35.9 Å². The monoisotopic (exact) mass is 276 g/mol. The topological polar surface area (TPSA) is 38.0 Å². The van der Waals surface area contributed by atoms with Crippen LogP contribution in [-0.2, 0) is 0 Å². The number of rotatable bonds is 11. The molecule has 2 atom stereocenters. The summed E-state index contributed by atoms with van der Waals surface area (Å²) < 4.78 is 0. The highest BCUT2D eigenvalue weighted by molar-refractivity contribution is 5.18. The van der Waals surface area contributed by atoms with Gasteiger partial charge in [-0.2, -0.15) is 0 Å². The van der Waals surface area contributed by atoms with E-state index < -0.39 is 0 Å². The molecule has 0 amide bonds. The fourth-order valence-corrected chi connectivity index (χ4v) is 2.56. The predicted molar refractivity (Wildman–Crippen MR) is 88.8 cm³/mol. The van der Waals surface area contributed by atoms with Gasteiger partial charge >= 0.3 is 0 Å². The van der Waals surface area contributed by atoms with Gasteiger partial charge in [0.25, 0.3) is 0 Å². The maximum absolute atomic E-state index is 6.20. The Hall–Kier alpha value is -0.860. The van der Waals surface area contributed by atoms with E-state index in [1.54, 1.807) is 0 Å². The van der Waals surface area contributed by atoms with Crippen LogP contribution in [0.4, 0.5) is 0 Å². The van der Waals surface area contributed by atoms with Crippen molar-refractivity contribution in [3.63, 3.8) is 0 Å². The Morgan fingerprint density at radius 1 is 1.05 bits per heavy atom. The molecule has 0 radical (unpaired) electrons. The Labute approximate surface area is 125 Å². The lowest BCUT2D eigenvalue weighted by Gasteiger charge is -2.16. The van der Waals surface area contributed by atoms with E-state index in [0.717, 1.165) is 31.8 Å². The number of nitrogens with two attached hydrogens (primary N) is 1. The number of hydrogen-bond acceptors (Lipinski definition) is 2. The van der Waals surface area contributed by atoms with E-state index >= 15 is 0 Å². The molecule has 1 rings (SSSR count). The smallest absolute Gasteiger partial charge is 0.0295 e. The molecule has 1 aromatic carbocycles. The summed E-state index contributed by atoms with van der Waals surface area (Å²) in [5, 5.41) is 3.60. The maximum Gasteiger partial charge on any atom is 0.0295 e. The number of unbranched alkanes of at least 4 members (excludes halogenated alkanes) is 1. The minimum Gasteiger partial charge on any atom is -0.324 e. The predicted octanol–water partition coefficient (Wildman–Crippen LogP) is 4.27. The highest BCUT2D eigenvalue weighted by Crippen LogP contribution is 2.15. The molecule has 0 aliphatic carbocycles. The molecule has 0 heterocycles. The summed E-state index contributed by atoms with van der Waals surface area (Å²) in [5.74, 6) is 0.845. The van der Waals surface area contributed by atoms with Crippen LogP contribution in [0.1, 0.15) is 64.0 Å². The van der Waals surface area contributed by atoms with Gasteiger partial charge in [0.2, 0.25) is 0 Å². The molecule has 0 saturated carbocycles. The highest BCUT2D eigenvalue weighted by atomic mass is 14.9. The van der Waals surface area contributed by atoms with Crippen molar-refractivity contribution in [1.29, 1.82) is 0 Å². The van der Waals surface area contributed by atoms with Gasteiger partial charge < -0.3 is 11.1 Å². The molecule has 1 aromatic rings. The van der Waals surface area contributed by atoms with Gasteiger partial charge in [-0.15, -0.1) is 0 Å². The van der Waals surface area contributed by atoms with Crippen LogP contribution in [0, 0.1) is 5.92 Å². The first-order valence-electron chi connectivity index (χ1n) is 8.29. The molecule has 0 fully saturated rings. The van der Waals surface area contributed by atoms with E-state index in [1.165, 1.54) is 31.2 Å². The average Bonchev–Trinajstić information content (AvgIpc) is 2.50. The lowest BCUT2D eigenvalue weighted by molar-refractivity contribution is 0.414. The van der Waals surface area contributed by atoms with Crippen LogP contribution in [0.2, 0.25) is 0 Å². The Kier molecular flexibility index (Phi) is 9.35. The number of hydrogen-bond donors (Lipinski definition) is 2. The van der Waals surface area contributed by atoms with Crippen molar-refractivity contribution in [2.75, 3.05) is 13.1 Å². The van der Waals surface area contributed by atoms with Crippen molar-refractivity contribution >= 4 is 0 Å². The second kappa shape index (κ2) is 10.9. The second-order valence-corrected chi connectivity index (χ2v) is 5.78. The fraction of sp³-hybridized carbons (Fsp3) is 0.667. The normalized spacial score (nSPS) is 14.2. The SMILES string of the molecule is CCCCC(CC)CNCCCC(N)c1ccccc1. The molecule has 2 heteroatoms. The molecule has 0 aliphatic heterocycles. The van der Waals surface area contributed by atoms with Gasteiger partial charge in [-0.1, -0.05) is 63.4 Å². The number of benzene rings is 1. The molecule has 0 saturated heterocycles. The highest BCUT2D eigenvalue weighted by Gasteiger charge is 2.06. The molecule has 114 valence electrons. The molecule has 20 heavy (non-hydrogen) atoms. The van der Waals surface area contributed by atoms with Crippen LogP contribution < -0.4 is 11.1 Å². The lowest BCUT2D eigenvalue weighted by atomic mass is 9.99.